The van der Waals surface area contributed by atoms with E-state index < -0.39 is 0 Å². The van der Waals surface area contributed by atoms with Gasteiger partial charge in [0, 0.05) is 17.3 Å². The first kappa shape index (κ1) is 9.02. The minimum Gasteiger partial charge on any atom is -0.378 e. The Morgan fingerprint density at radius 2 is 2.07 bits per heavy atom. The van der Waals surface area contributed by atoms with Crippen LogP contribution in [0.25, 0.3) is 5.57 Å². The summed E-state index contributed by atoms with van der Waals surface area (Å²) in [6, 6.07) is 9.30. The summed E-state index contributed by atoms with van der Waals surface area (Å²) < 4.78 is 0. The molecule has 1 N–H and O–H groups in total. The molecule has 1 heterocycles. The quantitative estimate of drug-likeness (QED) is 0.669. The maximum absolute atomic E-state index is 3.67. The fraction of sp³-hybridized carbons (Fsp3) is 0.429. The molecule has 15 heavy (non-hydrogen) atoms. The molecule has 0 radical (unpaired) electrons. The number of fused-ring (bicyclic) bond motifs is 2. The molecular formula is C14H17N. The summed E-state index contributed by atoms with van der Waals surface area (Å²) in [4.78, 5) is 0. The maximum Gasteiger partial charge on any atom is 0.0479 e. The topological polar surface area (TPSA) is 12.0 Å². The largest absolute Gasteiger partial charge is 0.378 e. The molecule has 1 fully saturated rings. The van der Waals surface area contributed by atoms with Crippen LogP contribution in [0.1, 0.15) is 38.2 Å². The number of anilines is 1. The molecule has 1 aromatic carbocycles. The van der Waals surface area contributed by atoms with E-state index >= 15 is 0 Å². The summed E-state index contributed by atoms with van der Waals surface area (Å²) in [5.41, 5.74) is 5.91. The zero-order valence-corrected chi connectivity index (χ0v) is 9.22. The third kappa shape index (κ3) is 1.38. The molecule has 0 aromatic heterocycles. The molecule has 0 amide bonds. The fourth-order valence-corrected chi connectivity index (χ4v) is 2.92. The Morgan fingerprint density at radius 1 is 1.20 bits per heavy atom. The fourth-order valence-electron chi connectivity index (χ4n) is 2.92. The predicted molar refractivity (Wildman–Crippen MR) is 64.9 cm³/mol. The second-order valence-electron chi connectivity index (χ2n) is 4.64. The van der Waals surface area contributed by atoms with E-state index in [0.29, 0.717) is 6.04 Å². The van der Waals surface area contributed by atoms with Crippen LogP contribution in [0, 0.1) is 0 Å². The van der Waals surface area contributed by atoms with Crippen molar-refractivity contribution in [2.45, 2.75) is 38.6 Å². The van der Waals surface area contributed by atoms with Crippen LogP contribution < -0.4 is 5.32 Å². The lowest BCUT2D eigenvalue weighted by Crippen LogP contribution is -2.29. The molecule has 1 nitrogen and oxygen atoms in total. The van der Waals surface area contributed by atoms with E-state index in [-0.39, 0.29) is 0 Å². The minimum atomic E-state index is 0.619. The molecule has 1 saturated carbocycles. The molecule has 78 valence electrons. The number of allylic oxidation sites excluding steroid dienone is 1. The predicted octanol–water partition coefficient (Wildman–Crippen LogP) is 3.83. The smallest absolute Gasteiger partial charge is 0.0479 e. The van der Waals surface area contributed by atoms with Gasteiger partial charge in [-0.25, -0.2) is 0 Å². The number of rotatable bonds is 0. The van der Waals surface area contributed by atoms with Gasteiger partial charge in [-0.3, -0.25) is 0 Å². The summed E-state index contributed by atoms with van der Waals surface area (Å²) in [7, 11) is 0. The standard InChI is InChI=1S/C14H17N/c1-10-11-6-2-4-8-13(11)15-14-9-5-3-7-12(10)14/h2,4,6,8,14-15H,3,5,7,9H2,1H3. The van der Waals surface area contributed by atoms with Crippen molar-refractivity contribution in [2.24, 2.45) is 0 Å². The van der Waals surface area contributed by atoms with Gasteiger partial charge in [-0.2, -0.15) is 0 Å². The van der Waals surface area contributed by atoms with E-state index in [0.717, 1.165) is 0 Å². The van der Waals surface area contributed by atoms with E-state index in [1.807, 2.05) is 0 Å². The molecule has 1 aliphatic heterocycles. The van der Waals surface area contributed by atoms with Gasteiger partial charge in [0.05, 0.1) is 0 Å². The Kier molecular flexibility index (Phi) is 2.05. The van der Waals surface area contributed by atoms with E-state index in [1.54, 1.807) is 5.57 Å². The van der Waals surface area contributed by atoms with Crippen molar-refractivity contribution in [3.05, 3.63) is 35.4 Å². The molecule has 0 saturated heterocycles. The van der Waals surface area contributed by atoms with Crippen molar-refractivity contribution in [2.75, 3.05) is 5.32 Å². The van der Waals surface area contributed by atoms with Crippen molar-refractivity contribution in [3.63, 3.8) is 0 Å². The molecule has 3 rings (SSSR count). The summed E-state index contributed by atoms with van der Waals surface area (Å²) in [5.74, 6) is 0. The second-order valence-corrected chi connectivity index (χ2v) is 4.64. The van der Waals surface area contributed by atoms with Gasteiger partial charge in [0.15, 0.2) is 0 Å². The summed E-state index contributed by atoms with van der Waals surface area (Å²) in [5, 5.41) is 3.67. The van der Waals surface area contributed by atoms with Crippen molar-refractivity contribution < 1.29 is 0 Å². The van der Waals surface area contributed by atoms with Crippen LogP contribution in [0.4, 0.5) is 5.69 Å². The highest BCUT2D eigenvalue weighted by Crippen LogP contribution is 2.39. The minimum absolute atomic E-state index is 0.619. The average molecular weight is 199 g/mol. The number of hydrogen-bond acceptors (Lipinski definition) is 1. The normalized spacial score (nSPS) is 24.2. The Morgan fingerprint density at radius 3 is 3.00 bits per heavy atom. The molecule has 1 unspecified atom stereocenters. The molecule has 0 spiro atoms. The number of nitrogens with one attached hydrogen (secondary N) is 1. The third-order valence-electron chi connectivity index (χ3n) is 3.75. The highest BCUT2D eigenvalue weighted by atomic mass is 14.9. The number of benzene rings is 1. The zero-order valence-electron chi connectivity index (χ0n) is 9.22. The first-order chi connectivity index (χ1) is 7.36. The third-order valence-corrected chi connectivity index (χ3v) is 3.75. The van der Waals surface area contributed by atoms with Gasteiger partial charge in [0.1, 0.15) is 0 Å². The van der Waals surface area contributed by atoms with Crippen molar-refractivity contribution in [1.82, 2.24) is 0 Å². The monoisotopic (exact) mass is 199 g/mol. The summed E-state index contributed by atoms with van der Waals surface area (Å²) in [6.07, 6.45) is 5.34. The number of para-hydroxylation sites is 1. The molecular weight excluding hydrogens is 182 g/mol. The molecule has 1 heteroatoms. The van der Waals surface area contributed by atoms with Gasteiger partial charge in [-0.15, -0.1) is 0 Å². The van der Waals surface area contributed by atoms with Crippen LogP contribution in [0.2, 0.25) is 0 Å². The zero-order chi connectivity index (χ0) is 10.3. The molecule has 1 aliphatic carbocycles. The van der Waals surface area contributed by atoms with Gasteiger partial charge in [-0.1, -0.05) is 24.6 Å². The van der Waals surface area contributed by atoms with E-state index in [2.05, 4.69) is 36.5 Å². The van der Waals surface area contributed by atoms with E-state index in [4.69, 9.17) is 0 Å². The maximum atomic E-state index is 3.67. The van der Waals surface area contributed by atoms with E-state index in [1.165, 1.54) is 42.5 Å². The van der Waals surface area contributed by atoms with Crippen LogP contribution >= 0.6 is 0 Å². The number of hydrogen-bond donors (Lipinski definition) is 1. The molecule has 2 aliphatic rings. The van der Waals surface area contributed by atoms with Crippen molar-refractivity contribution >= 4 is 11.3 Å². The average Bonchev–Trinajstić information content (AvgIpc) is 2.30. The van der Waals surface area contributed by atoms with Crippen molar-refractivity contribution in [3.8, 4) is 0 Å². The second kappa shape index (κ2) is 3.41. The Bertz CT molecular complexity index is 417. The summed E-state index contributed by atoms with van der Waals surface area (Å²) in [6.45, 7) is 2.29. The molecule has 0 bridgehead atoms. The van der Waals surface area contributed by atoms with E-state index in [9.17, 15) is 0 Å². The van der Waals surface area contributed by atoms with Crippen LogP contribution in [-0.2, 0) is 0 Å². The van der Waals surface area contributed by atoms with Gasteiger partial charge >= 0.3 is 0 Å². The van der Waals surface area contributed by atoms with Crippen LogP contribution in [0.15, 0.2) is 29.8 Å². The first-order valence-corrected chi connectivity index (χ1v) is 5.92. The Hall–Kier alpha value is -1.24. The van der Waals surface area contributed by atoms with Gasteiger partial charge in [0.2, 0.25) is 0 Å². The van der Waals surface area contributed by atoms with Crippen LogP contribution in [0.5, 0.6) is 0 Å². The SMILES string of the molecule is CC1=C2CCCCC2Nc2ccccc21. The lowest BCUT2D eigenvalue weighted by atomic mass is 9.82. The lowest BCUT2D eigenvalue weighted by Gasteiger charge is -2.34. The summed E-state index contributed by atoms with van der Waals surface area (Å²) >= 11 is 0. The highest BCUT2D eigenvalue weighted by molar-refractivity contribution is 5.81. The first-order valence-electron chi connectivity index (χ1n) is 5.92. The van der Waals surface area contributed by atoms with Gasteiger partial charge in [0.25, 0.3) is 0 Å². The lowest BCUT2D eigenvalue weighted by molar-refractivity contribution is 0.556. The molecule has 1 atom stereocenters. The van der Waals surface area contributed by atoms with Crippen LogP contribution in [0.3, 0.4) is 0 Å². The Labute approximate surface area is 91.2 Å². The Balaban J connectivity index is 2.12. The van der Waals surface area contributed by atoms with Gasteiger partial charge in [-0.05, 0) is 43.4 Å². The highest BCUT2D eigenvalue weighted by Gasteiger charge is 2.25. The van der Waals surface area contributed by atoms with Crippen LogP contribution in [-0.4, -0.2) is 6.04 Å². The van der Waals surface area contributed by atoms with Crippen molar-refractivity contribution in [1.29, 1.82) is 0 Å². The van der Waals surface area contributed by atoms with Gasteiger partial charge < -0.3 is 5.32 Å². The molecule has 1 aromatic rings.